The number of rotatable bonds is 8. The minimum absolute atomic E-state index is 0.0147. The lowest BCUT2D eigenvalue weighted by Gasteiger charge is -2.34. The zero-order valence-corrected chi connectivity index (χ0v) is 22.7. The van der Waals surface area contributed by atoms with E-state index in [1.807, 2.05) is 6.92 Å². The van der Waals surface area contributed by atoms with Gasteiger partial charge in [-0.3, -0.25) is 0 Å². The molecule has 0 saturated carbocycles. The Morgan fingerprint density at radius 2 is 2.00 bits per heavy atom. The normalized spacial score (nSPS) is 16.5. The first-order chi connectivity index (χ1) is 19.2. The fourth-order valence-corrected chi connectivity index (χ4v) is 4.96. The molecule has 3 N–H and O–H groups in total. The van der Waals surface area contributed by atoms with Crippen LogP contribution >= 0.6 is 0 Å². The van der Waals surface area contributed by atoms with Crippen molar-refractivity contribution in [1.29, 1.82) is 0 Å². The van der Waals surface area contributed by atoms with E-state index in [-0.39, 0.29) is 41.8 Å². The summed E-state index contributed by atoms with van der Waals surface area (Å²) < 4.78 is 59.6. The molecule has 40 heavy (non-hydrogen) atoms. The third kappa shape index (κ3) is 5.69. The van der Waals surface area contributed by atoms with Crippen LogP contribution in [0, 0.1) is 12.7 Å². The molecule has 2 unspecified atom stereocenters. The number of fused-ring (bicyclic) bond motifs is 1. The number of halogens is 2. The summed E-state index contributed by atoms with van der Waals surface area (Å²) in [5, 5.41) is 0. The predicted molar refractivity (Wildman–Crippen MR) is 147 cm³/mol. The summed E-state index contributed by atoms with van der Waals surface area (Å²) in [5.41, 5.74) is 8.17. The van der Waals surface area contributed by atoms with E-state index < -0.39 is 22.9 Å². The van der Waals surface area contributed by atoms with Gasteiger partial charge in [-0.05, 0) is 38.5 Å². The second-order valence-corrected chi connectivity index (χ2v) is 10.2. The molecule has 14 heteroatoms. The number of aryl methyl sites for hydroxylation is 1. The second-order valence-electron chi connectivity index (χ2n) is 9.41. The molecule has 11 nitrogen and oxygen atoms in total. The zero-order chi connectivity index (χ0) is 28.4. The second kappa shape index (κ2) is 11.7. The molecule has 210 valence electrons. The van der Waals surface area contributed by atoms with E-state index in [0.29, 0.717) is 53.7 Å². The first-order valence-corrected chi connectivity index (χ1v) is 13.8. The molecule has 1 aliphatic rings. The molecular weight excluding hydrogens is 542 g/mol. The summed E-state index contributed by atoms with van der Waals surface area (Å²) in [4.78, 5) is 24.7. The van der Waals surface area contributed by atoms with E-state index in [4.69, 9.17) is 25.4 Å². The number of thiol groups is 1. The lowest BCUT2D eigenvalue weighted by Crippen LogP contribution is -2.44. The average molecular weight is 571 g/mol. The topological polar surface area (TPSA) is 149 Å². The Bertz CT molecular complexity index is 1630. The third-order valence-electron chi connectivity index (χ3n) is 6.68. The van der Waals surface area contributed by atoms with Crippen LogP contribution in [0.2, 0.25) is 0 Å². The van der Waals surface area contributed by atoms with Gasteiger partial charge in [0.25, 0.3) is 0 Å². The van der Waals surface area contributed by atoms with Crippen LogP contribution in [-0.2, 0) is 15.6 Å². The molecule has 0 aliphatic carbocycles. The number of pyridine rings is 1. The number of aromatic nitrogens is 5. The molecule has 4 heterocycles. The van der Waals surface area contributed by atoms with Gasteiger partial charge in [0.1, 0.15) is 17.5 Å². The van der Waals surface area contributed by atoms with E-state index in [9.17, 15) is 12.8 Å². The predicted octanol–water partition coefficient (Wildman–Crippen LogP) is 2.92. The Hall–Kier alpha value is -3.88. The highest BCUT2D eigenvalue weighted by Crippen LogP contribution is 2.34. The van der Waals surface area contributed by atoms with Crippen LogP contribution in [0.4, 0.5) is 20.5 Å². The maximum atomic E-state index is 15.6. The van der Waals surface area contributed by atoms with Crippen molar-refractivity contribution in [3.63, 3.8) is 0 Å². The van der Waals surface area contributed by atoms with Gasteiger partial charge in [-0.25, -0.2) is 46.8 Å². The number of hydrogen-bond donors (Lipinski definition) is 3. The van der Waals surface area contributed by atoms with Gasteiger partial charge < -0.3 is 15.4 Å². The van der Waals surface area contributed by atoms with Crippen molar-refractivity contribution >= 4 is 33.7 Å². The van der Waals surface area contributed by atoms with Gasteiger partial charge in [0.05, 0.1) is 41.7 Å². The molecule has 0 radical (unpaired) electrons. The molecule has 0 amide bonds. The largest absolute Gasteiger partial charge is 0.377 e. The number of anilines is 2. The number of hydrogen-bond acceptors (Lipinski definition) is 10. The summed E-state index contributed by atoms with van der Waals surface area (Å²) in [6.07, 6.45) is -0.339. The first-order valence-electron chi connectivity index (χ1n) is 12.7. The Labute approximate surface area is 230 Å². The summed E-state index contributed by atoms with van der Waals surface area (Å²) in [6, 6.07) is 7.74. The Morgan fingerprint density at radius 1 is 1.18 bits per heavy atom. The average Bonchev–Trinajstić information content (AvgIpc) is 2.92. The third-order valence-corrected chi connectivity index (χ3v) is 7.16. The van der Waals surface area contributed by atoms with E-state index >= 15 is 4.39 Å². The van der Waals surface area contributed by atoms with E-state index in [1.54, 1.807) is 31.3 Å². The fraction of sp³-hybridized carbons (Fsp3) is 0.346. The van der Waals surface area contributed by atoms with E-state index in [0.717, 1.165) is 0 Å². The highest BCUT2D eigenvalue weighted by atomic mass is 32.2. The smallest absolute Gasteiger partial charge is 0.220 e. The highest BCUT2D eigenvalue weighted by molar-refractivity contribution is 7.70. The van der Waals surface area contributed by atoms with Gasteiger partial charge in [-0.15, -0.1) is 0 Å². The molecule has 0 spiro atoms. The molecule has 1 aromatic carbocycles. The number of nitrogen functional groups attached to an aromatic ring is 1. The maximum absolute atomic E-state index is 15.6. The monoisotopic (exact) mass is 570 g/mol. The Balaban J connectivity index is 1.61. The van der Waals surface area contributed by atoms with Crippen LogP contribution in [0.3, 0.4) is 0 Å². The van der Waals surface area contributed by atoms with Gasteiger partial charge >= 0.3 is 0 Å². The molecule has 1 aliphatic heterocycles. The lowest BCUT2D eigenvalue weighted by atomic mass is 10.0. The molecule has 0 bridgehead atoms. The van der Waals surface area contributed by atoms with Crippen molar-refractivity contribution in [2.24, 2.45) is 0 Å². The van der Waals surface area contributed by atoms with Crippen molar-refractivity contribution < 1.29 is 21.9 Å². The minimum atomic E-state index is -2.86. The van der Waals surface area contributed by atoms with Gasteiger partial charge in [-0.2, -0.15) is 0 Å². The summed E-state index contributed by atoms with van der Waals surface area (Å²) in [6.45, 7) is 5.22. The van der Waals surface area contributed by atoms with Crippen molar-refractivity contribution in [3.8, 4) is 22.6 Å². The van der Waals surface area contributed by atoms with Crippen LogP contribution in [0.5, 0.6) is 0 Å². The number of morpholine rings is 1. The van der Waals surface area contributed by atoms with Crippen molar-refractivity contribution in [2.75, 3.05) is 36.9 Å². The Morgan fingerprint density at radius 3 is 2.75 bits per heavy atom. The number of alkyl halides is 1. The molecule has 1 saturated heterocycles. The number of nitrogens with one attached hydrogen (secondary N) is 1. The standard InChI is InChI=1S/C26H28F2N8O3S/c1-14-13-39-11-10-36(14)25-23-21(34-24(35-25)18-12-30-26(29)32-15(18)2)7-6-20(33-23)17-5-3-4-16(22(17)28)19(27)8-9-31-40(37)38/h3-7,12,14,19,40H,8-11,13H2,1-2H3,(H2,29,30,32)(H,31,37,38). The lowest BCUT2D eigenvalue weighted by molar-refractivity contribution is 0.0987. The number of ether oxygens (including phenoxy) is 1. The molecule has 5 rings (SSSR count). The van der Waals surface area contributed by atoms with Crippen LogP contribution < -0.4 is 15.4 Å². The van der Waals surface area contributed by atoms with Gasteiger partial charge in [0.2, 0.25) is 16.8 Å². The van der Waals surface area contributed by atoms with E-state index in [1.165, 1.54) is 12.1 Å². The van der Waals surface area contributed by atoms with E-state index in [2.05, 4.69) is 19.6 Å². The van der Waals surface area contributed by atoms with Crippen LogP contribution in [-0.4, -0.2) is 65.7 Å². The molecule has 4 aromatic rings. The first kappa shape index (κ1) is 27.7. The molecule has 1 fully saturated rings. The van der Waals surface area contributed by atoms with Crippen LogP contribution in [0.1, 0.15) is 30.8 Å². The highest BCUT2D eigenvalue weighted by Gasteiger charge is 2.26. The van der Waals surface area contributed by atoms with Crippen LogP contribution in [0.25, 0.3) is 33.7 Å². The maximum Gasteiger partial charge on any atom is 0.220 e. The van der Waals surface area contributed by atoms with Crippen LogP contribution in [0.15, 0.2) is 36.5 Å². The number of nitrogens with zero attached hydrogens (tertiary/aromatic N) is 6. The van der Waals surface area contributed by atoms with Gasteiger partial charge in [0, 0.05) is 30.4 Å². The Kier molecular flexibility index (Phi) is 8.09. The summed E-state index contributed by atoms with van der Waals surface area (Å²) in [7, 11) is -2.86. The number of nitrogens with two attached hydrogens (primary N) is 1. The molecule has 3 aromatic heterocycles. The quantitative estimate of drug-likeness (QED) is 0.270. The minimum Gasteiger partial charge on any atom is -0.377 e. The summed E-state index contributed by atoms with van der Waals surface area (Å²) >= 11 is 0. The van der Waals surface area contributed by atoms with Crippen molar-refractivity contribution in [1.82, 2.24) is 29.6 Å². The molecular formula is C26H28F2N8O3S. The fourth-order valence-electron chi connectivity index (χ4n) is 4.64. The van der Waals surface area contributed by atoms with Crippen molar-refractivity contribution in [2.45, 2.75) is 32.5 Å². The zero-order valence-electron chi connectivity index (χ0n) is 21.8. The van der Waals surface area contributed by atoms with Crippen molar-refractivity contribution in [3.05, 3.63) is 53.6 Å². The SMILES string of the molecule is Cc1nc(N)ncc1-c1nc(N2CCOCC2C)c2nc(-c3cccc(C(F)CCN[SH](=O)=O)c3F)ccc2n1. The summed E-state index contributed by atoms with van der Waals surface area (Å²) in [5.74, 6) is 0.329. The number of benzene rings is 1. The van der Waals surface area contributed by atoms with Gasteiger partial charge in [0.15, 0.2) is 11.6 Å². The molecule has 2 atom stereocenters. The van der Waals surface area contributed by atoms with Gasteiger partial charge in [-0.1, -0.05) is 12.1 Å².